The lowest BCUT2D eigenvalue weighted by Gasteiger charge is -2.29. The number of nitrogens with zero attached hydrogens (tertiary/aromatic N) is 1. The monoisotopic (exact) mass is 217 g/mol. The van der Waals surface area contributed by atoms with Gasteiger partial charge in [-0.3, -0.25) is 0 Å². The maximum atomic E-state index is 5.30. The van der Waals surface area contributed by atoms with Crippen molar-refractivity contribution in [3.63, 3.8) is 0 Å². The van der Waals surface area contributed by atoms with E-state index in [0.29, 0.717) is 5.92 Å². The lowest BCUT2D eigenvalue weighted by molar-refractivity contribution is 0.140. The molecule has 1 aliphatic carbocycles. The van der Waals surface area contributed by atoms with Crippen LogP contribution < -0.4 is 0 Å². The average Bonchev–Trinajstić information content (AvgIpc) is 2.26. The molecule has 0 bridgehead atoms. The van der Waals surface area contributed by atoms with E-state index < -0.39 is 0 Å². The van der Waals surface area contributed by atoms with Gasteiger partial charge in [-0.25, -0.2) is 0 Å². The SMILES string of the molecule is CCCCO/N=C(/C)[C@H]1Cc2ccccc21. The average molecular weight is 217 g/mol. The third kappa shape index (κ3) is 2.26. The van der Waals surface area contributed by atoms with E-state index in [1.807, 2.05) is 0 Å². The van der Waals surface area contributed by atoms with Crippen LogP contribution in [0.1, 0.15) is 43.7 Å². The molecule has 2 nitrogen and oxygen atoms in total. The van der Waals surface area contributed by atoms with E-state index in [1.165, 1.54) is 11.1 Å². The maximum absolute atomic E-state index is 5.30. The van der Waals surface area contributed by atoms with Crippen molar-refractivity contribution in [2.75, 3.05) is 6.61 Å². The summed E-state index contributed by atoms with van der Waals surface area (Å²) in [6.45, 7) is 4.96. The molecule has 0 heterocycles. The molecule has 0 spiro atoms. The van der Waals surface area contributed by atoms with Crippen LogP contribution in [0.2, 0.25) is 0 Å². The van der Waals surface area contributed by atoms with Crippen molar-refractivity contribution >= 4 is 5.71 Å². The van der Waals surface area contributed by atoms with Crippen LogP contribution in [0.4, 0.5) is 0 Å². The Bertz CT molecular complexity index is 384. The van der Waals surface area contributed by atoms with Gasteiger partial charge in [0.1, 0.15) is 6.61 Å². The Kier molecular flexibility index (Phi) is 3.60. The van der Waals surface area contributed by atoms with E-state index in [9.17, 15) is 0 Å². The molecule has 0 N–H and O–H groups in total. The van der Waals surface area contributed by atoms with E-state index in [4.69, 9.17) is 4.84 Å². The first-order chi connectivity index (χ1) is 7.83. The second kappa shape index (κ2) is 5.15. The molecule has 0 fully saturated rings. The first-order valence-electron chi connectivity index (χ1n) is 6.07. The summed E-state index contributed by atoms with van der Waals surface area (Å²) in [5.41, 5.74) is 3.98. The Morgan fingerprint density at radius 3 is 3.00 bits per heavy atom. The minimum absolute atomic E-state index is 0.484. The minimum Gasteiger partial charge on any atom is -0.396 e. The van der Waals surface area contributed by atoms with Crippen LogP contribution in [0.15, 0.2) is 29.4 Å². The zero-order chi connectivity index (χ0) is 11.4. The lowest BCUT2D eigenvalue weighted by atomic mass is 9.75. The van der Waals surface area contributed by atoms with Gasteiger partial charge in [0.25, 0.3) is 0 Å². The van der Waals surface area contributed by atoms with Gasteiger partial charge < -0.3 is 4.84 Å². The van der Waals surface area contributed by atoms with E-state index in [0.717, 1.165) is 31.6 Å². The predicted octanol–water partition coefficient (Wildman–Crippen LogP) is 3.52. The Labute approximate surface area is 97.3 Å². The van der Waals surface area contributed by atoms with Gasteiger partial charge in [0.05, 0.1) is 5.71 Å². The first kappa shape index (κ1) is 11.2. The van der Waals surface area contributed by atoms with Gasteiger partial charge in [-0.15, -0.1) is 0 Å². The lowest BCUT2D eigenvalue weighted by Crippen LogP contribution is -2.23. The molecule has 1 aromatic rings. The smallest absolute Gasteiger partial charge is 0.117 e. The molecular weight excluding hydrogens is 198 g/mol. The van der Waals surface area contributed by atoms with Gasteiger partial charge in [0.2, 0.25) is 0 Å². The van der Waals surface area contributed by atoms with Crippen molar-refractivity contribution < 1.29 is 4.84 Å². The second-order valence-corrected chi connectivity index (χ2v) is 4.37. The highest BCUT2D eigenvalue weighted by Crippen LogP contribution is 2.35. The maximum Gasteiger partial charge on any atom is 0.117 e. The fourth-order valence-corrected chi connectivity index (χ4v) is 2.05. The molecule has 1 atom stereocenters. The highest BCUT2D eigenvalue weighted by molar-refractivity contribution is 5.91. The number of oxime groups is 1. The summed E-state index contributed by atoms with van der Waals surface area (Å²) in [5, 5.41) is 4.20. The van der Waals surface area contributed by atoms with Gasteiger partial charge in [0, 0.05) is 5.92 Å². The Morgan fingerprint density at radius 1 is 1.44 bits per heavy atom. The zero-order valence-corrected chi connectivity index (χ0v) is 10.1. The first-order valence-corrected chi connectivity index (χ1v) is 6.07. The fourth-order valence-electron chi connectivity index (χ4n) is 2.05. The second-order valence-electron chi connectivity index (χ2n) is 4.37. The molecule has 0 radical (unpaired) electrons. The quantitative estimate of drug-likeness (QED) is 0.420. The molecule has 1 aliphatic rings. The third-order valence-electron chi connectivity index (χ3n) is 3.16. The topological polar surface area (TPSA) is 21.6 Å². The summed E-state index contributed by atoms with van der Waals surface area (Å²) in [7, 11) is 0. The van der Waals surface area contributed by atoms with Crippen LogP contribution >= 0.6 is 0 Å². The molecule has 0 aromatic heterocycles. The summed E-state index contributed by atoms with van der Waals surface area (Å²) in [6.07, 6.45) is 3.35. The molecule has 0 saturated heterocycles. The van der Waals surface area contributed by atoms with Gasteiger partial charge in [-0.05, 0) is 30.9 Å². The molecule has 86 valence electrons. The molecule has 0 saturated carbocycles. The van der Waals surface area contributed by atoms with E-state index in [2.05, 4.69) is 43.3 Å². The summed E-state index contributed by atoms with van der Waals surface area (Å²) in [5.74, 6) is 0.484. The Hall–Kier alpha value is -1.31. The van der Waals surface area contributed by atoms with Crippen molar-refractivity contribution in [3.05, 3.63) is 35.4 Å². The Balaban J connectivity index is 1.91. The van der Waals surface area contributed by atoms with E-state index >= 15 is 0 Å². The third-order valence-corrected chi connectivity index (χ3v) is 3.16. The largest absolute Gasteiger partial charge is 0.396 e. The highest BCUT2D eigenvalue weighted by atomic mass is 16.6. The standard InChI is InChI=1S/C14H19NO/c1-3-4-9-16-15-11(2)14-10-12-7-5-6-8-13(12)14/h5-8,14H,3-4,9-10H2,1-2H3/b15-11-/t14-/m1/s1. The van der Waals surface area contributed by atoms with Gasteiger partial charge in [0.15, 0.2) is 0 Å². The van der Waals surface area contributed by atoms with Gasteiger partial charge in [-0.2, -0.15) is 0 Å². The van der Waals surface area contributed by atoms with Crippen molar-refractivity contribution in [2.24, 2.45) is 5.16 Å². The fraction of sp³-hybridized carbons (Fsp3) is 0.500. The zero-order valence-electron chi connectivity index (χ0n) is 10.1. The number of rotatable bonds is 5. The minimum atomic E-state index is 0.484. The Morgan fingerprint density at radius 2 is 2.25 bits per heavy atom. The molecule has 16 heavy (non-hydrogen) atoms. The van der Waals surface area contributed by atoms with Gasteiger partial charge in [-0.1, -0.05) is 42.8 Å². The van der Waals surface area contributed by atoms with E-state index in [1.54, 1.807) is 0 Å². The van der Waals surface area contributed by atoms with Crippen LogP contribution in [-0.2, 0) is 11.3 Å². The summed E-state index contributed by atoms with van der Waals surface area (Å²) < 4.78 is 0. The number of benzene rings is 1. The molecule has 2 rings (SSSR count). The number of unbranched alkanes of at least 4 members (excludes halogenated alkanes) is 1. The molecule has 0 aliphatic heterocycles. The summed E-state index contributed by atoms with van der Waals surface area (Å²) in [4.78, 5) is 5.30. The van der Waals surface area contributed by atoms with Crippen LogP contribution in [0.25, 0.3) is 0 Å². The number of hydrogen-bond donors (Lipinski definition) is 0. The number of hydrogen-bond acceptors (Lipinski definition) is 2. The highest BCUT2D eigenvalue weighted by Gasteiger charge is 2.27. The van der Waals surface area contributed by atoms with Crippen LogP contribution in [0, 0.1) is 0 Å². The van der Waals surface area contributed by atoms with Crippen molar-refractivity contribution in [3.8, 4) is 0 Å². The summed E-state index contributed by atoms with van der Waals surface area (Å²) in [6, 6.07) is 8.57. The van der Waals surface area contributed by atoms with Crippen molar-refractivity contribution in [2.45, 2.75) is 39.0 Å². The van der Waals surface area contributed by atoms with Crippen molar-refractivity contribution in [1.82, 2.24) is 0 Å². The predicted molar refractivity (Wildman–Crippen MR) is 66.9 cm³/mol. The molecule has 0 unspecified atom stereocenters. The van der Waals surface area contributed by atoms with E-state index in [-0.39, 0.29) is 0 Å². The van der Waals surface area contributed by atoms with Crippen LogP contribution in [0.3, 0.4) is 0 Å². The molecule has 2 heteroatoms. The van der Waals surface area contributed by atoms with Crippen LogP contribution in [0.5, 0.6) is 0 Å². The molecular formula is C14H19NO. The van der Waals surface area contributed by atoms with Gasteiger partial charge >= 0.3 is 0 Å². The molecule has 0 amide bonds. The van der Waals surface area contributed by atoms with Crippen molar-refractivity contribution in [1.29, 1.82) is 0 Å². The molecule has 1 aromatic carbocycles. The summed E-state index contributed by atoms with van der Waals surface area (Å²) >= 11 is 0. The normalized spacial score (nSPS) is 18.9. The van der Waals surface area contributed by atoms with Crippen LogP contribution in [-0.4, -0.2) is 12.3 Å². The number of fused-ring (bicyclic) bond motifs is 1.